The van der Waals surface area contributed by atoms with E-state index in [9.17, 15) is 0 Å². The van der Waals surface area contributed by atoms with Gasteiger partial charge in [-0.05, 0) is 24.2 Å². The third-order valence-corrected chi connectivity index (χ3v) is 3.86. The highest BCUT2D eigenvalue weighted by molar-refractivity contribution is 4.71. The summed E-state index contributed by atoms with van der Waals surface area (Å²) in [6.45, 7) is 7.35. The predicted octanol–water partition coefficient (Wildman–Crippen LogP) is 5.17. The molecule has 1 atom stereocenters. The Hall–Kier alpha value is 0. The summed E-state index contributed by atoms with van der Waals surface area (Å²) in [5, 5.41) is 0. The normalized spacial score (nSPS) is 30.6. The lowest BCUT2D eigenvalue weighted by Gasteiger charge is -2.25. The van der Waals surface area contributed by atoms with Gasteiger partial charge in [-0.25, -0.2) is 0 Å². The Morgan fingerprint density at radius 1 is 0.786 bits per heavy atom. The summed E-state index contributed by atoms with van der Waals surface area (Å²) in [4.78, 5) is 0. The van der Waals surface area contributed by atoms with E-state index in [2.05, 4.69) is 20.8 Å². The Labute approximate surface area is 90.5 Å². The van der Waals surface area contributed by atoms with Crippen molar-refractivity contribution in [1.29, 1.82) is 0 Å². The molecule has 1 aliphatic rings. The lowest BCUT2D eigenvalue weighted by molar-refractivity contribution is 0.268. The zero-order valence-corrected chi connectivity index (χ0v) is 10.4. The summed E-state index contributed by atoms with van der Waals surface area (Å²) >= 11 is 0. The second kappa shape index (κ2) is 5.78. The molecule has 0 spiro atoms. The molecule has 0 N–H and O–H groups in total. The fourth-order valence-electron chi connectivity index (χ4n) is 2.53. The van der Waals surface area contributed by atoms with Gasteiger partial charge in [-0.3, -0.25) is 0 Å². The lowest BCUT2D eigenvalue weighted by Crippen LogP contribution is -2.12. The van der Waals surface area contributed by atoms with Crippen LogP contribution >= 0.6 is 0 Å². The van der Waals surface area contributed by atoms with Crippen LogP contribution in [0.5, 0.6) is 0 Å². The van der Waals surface area contributed by atoms with Gasteiger partial charge >= 0.3 is 0 Å². The first-order valence-corrected chi connectivity index (χ1v) is 6.60. The molecule has 1 rings (SSSR count). The van der Waals surface area contributed by atoms with Gasteiger partial charge in [0, 0.05) is 0 Å². The van der Waals surface area contributed by atoms with Crippen molar-refractivity contribution in [3.63, 3.8) is 0 Å². The lowest BCUT2D eigenvalue weighted by atomic mass is 9.80. The van der Waals surface area contributed by atoms with Gasteiger partial charge in [-0.2, -0.15) is 0 Å². The fraction of sp³-hybridized carbons (Fsp3) is 1.00. The summed E-state index contributed by atoms with van der Waals surface area (Å²) in [5.41, 5.74) is 0.610. The molecule has 0 aromatic carbocycles. The average Bonchev–Trinajstić information content (AvgIpc) is 2.15. The summed E-state index contributed by atoms with van der Waals surface area (Å²) in [6.07, 6.45) is 13.2. The molecule has 84 valence electrons. The standard InChI is InChI=1S/C14H28/c1-13-9-7-5-4-6-8-11-14(2,3)12-10-13/h13H,4-12H2,1-3H3. The molecule has 0 heteroatoms. The maximum absolute atomic E-state index is 2.46. The zero-order valence-electron chi connectivity index (χ0n) is 10.4. The Morgan fingerprint density at radius 3 is 2.21 bits per heavy atom. The van der Waals surface area contributed by atoms with Crippen LogP contribution in [0.4, 0.5) is 0 Å². The number of rotatable bonds is 0. The maximum atomic E-state index is 2.46. The molecular formula is C14H28. The molecule has 0 aliphatic heterocycles. The SMILES string of the molecule is CC1CCCCCCCC(C)(C)CC1. The van der Waals surface area contributed by atoms with E-state index in [1.807, 2.05) is 0 Å². The van der Waals surface area contributed by atoms with Crippen LogP contribution in [0, 0.1) is 11.3 Å². The van der Waals surface area contributed by atoms with E-state index in [-0.39, 0.29) is 0 Å². The van der Waals surface area contributed by atoms with Gasteiger partial charge in [0.25, 0.3) is 0 Å². The second-order valence-corrected chi connectivity index (χ2v) is 6.11. The molecule has 0 heterocycles. The van der Waals surface area contributed by atoms with Crippen LogP contribution in [-0.2, 0) is 0 Å². The van der Waals surface area contributed by atoms with Crippen LogP contribution in [0.3, 0.4) is 0 Å². The molecule has 0 bridgehead atoms. The molecule has 0 aromatic heterocycles. The van der Waals surface area contributed by atoms with E-state index >= 15 is 0 Å². The molecule has 14 heavy (non-hydrogen) atoms. The molecule has 0 saturated heterocycles. The number of hydrogen-bond donors (Lipinski definition) is 0. The monoisotopic (exact) mass is 196 g/mol. The highest BCUT2D eigenvalue weighted by atomic mass is 14.2. The van der Waals surface area contributed by atoms with E-state index in [0.717, 1.165) is 5.92 Å². The second-order valence-electron chi connectivity index (χ2n) is 6.11. The minimum atomic E-state index is 0.610. The molecule has 0 aromatic rings. The van der Waals surface area contributed by atoms with Gasteiger partial charge in [0.15, 0.2) is 0 Å². The highest BCUT2D eigenvalue weighted by Crippen LogP contribution is 2.32. The third kappa shape index (κ3) is 5.02. The summed E-state index contributed by atoms with van der Waals surface area (Å²) < 4.78 is 0. The first-order valence-electron chi connectivity index (χ1n) is 6.60. The minimum absolute atomic E-state index is 0.610. The van der Waals surface area contributed by atoms with Gasteiger partial charge in [0.05, 0.1) is 0 Å². The van der Waals surface area contributed by atoms with Crippen molar-refractivity contribution in [3.05, 3.63) is 0 Å². The van der Waals surface area contributed by atoms with E-state index < -0.39 is 0 Å². The zero-order chi connectivity index (χ0) is 10.4. The van der Waals surface area contributed by atoms with Crippen molar-refractivity contribution in [2.45, 2.75) is 78.6 Å². The van der Waals surface area contributed by atoms with Crippen LogP contribution in [0.2, 0.25) is 0 Å². The average molecular weight is 196 g/mol. The third-order valence-electron chi connectivity index (χ3n) is 3.86. The molecule has 0 nitrogen and oxygen atoms in total. The van der Waals surface area contributed by atoms with Crippen molar-refractivity contribution in [1.82, 2.24) is 0 Å². The van der Waals surface area contributed by atoms with Gasteiger partial charge in [0.1, 0.15) is 0 Å². The molecule has 1 unspecified atom stereocenters. The van der Waals surface area contributed by atoms with Crippen LogP contribution in [0.1, 0.15) is 78.6 Å². The summed E-state index contributed by atoms with van der Waals surface area (Å²) in [7, 11) is 0. The molecule has 1 saturated carbocycles. The minimum Gasteiger partial charge on any atom is -0.0625 e. The summed E-state index contributed by atoms with van der Waals surface area (Å²) in [5.74, 6) is 0.965. The van der Waals surface area contributed by atoms with Gasteiger partial charge in [-0.1, -0.05) is 65.7 Å². The first-order chi connectivity index (χ1) is 6.60. The van der Waals surface area contributed by atoms with Crippen LogP contribution < -0.4 is 0 Å². The molecule has 1 fully saturated rings. The van der Waals surface area contributed by atoms with Gasteiger partial charge in [0.2, 0.25) is 0 Å². The van der Waals surface area contributed by atoms with Crippen LogP contribution in [-0.4, -0.2) is 0 Å². The topological polar surface area (TPSA) is 0 Å². The molecular weight excluding hydrogens is 168 g/mol. The van der Waals surface area contributed by atoms with E-state index in [1.54, 1.807) is 0 Å². The molecule has 0 amide bonds. The first kappa shape index (κ1) is 12.1. The van der Waals surface area contributed by atoms with E-state index in [1.165, 1.54) is 57.8 Å². The predicted molar refractivity (Wildman–Crippen MR) is 64.5 cm³/mol. The van der Waals surface area contributed by atoms with Crippen molar-refractivity contribution < 1.29 is 0 Å². The van der Waals surface area contributed by atoms with E-state index in [4.69, 9.17) is 0 Å². The van der Waals surface area contributed by atoms with Gasteiger partial charge < -0.3 is 0 Å². The van der Waals surface area contributed by atoms with Crippen molar-refractivity contribution in [3.8, 4) is 0 Å². The summed E-state index contributed by atoms with van der Waals surface area (Å²) in [6, 6.07) is 0. The highest BCUT2D eigenvalue weighted by Gasteiger charge is 2.18. The Balaban J connectivity index is 2.38. The number of hydrogen-bond acceptors (Lipinski definition) is 0. The van der Waals surface area contributed by atoms with E-state index in [0.29, 0.717) is 5.41 Å². The smallest absolute Gasteiger partial charge is 0.0354 e. The van der Waals surface area contributed by atoms with Crippen LogP contribution in [0.15, 0.2) is 0 Å². The van der Waals surface area contributed by atoms with Crippen LogP contribution in [0.25, 0.3) is 0 Å². The van der Waals surface area contributed by atoms with Crippen molar-refractivity contribution in [2.24, 2.45) is 11.3 Å². The quantitative estimate of drug-likeness (QED) is 0.501. The fourth-order valence-corrected chi connectivity index (χ4v) is 2.53. The Morgan fingerprint density at radius 2 is 1.43 bits per heavy atom. The van der Waals surface area contributed by atoms with Crippen molar-refractivity contribution in [2.75, 3.05) is 0 Å². The largest absolute Gasteiger partial charge is 0.0625 e. The maximum Gasteiger partial charge on any atom is -0.0354 e. The van der Waals surface area contributed by atoms with Gasteiger partial charge in [-0.15, -0.1) is 0 Å². The van der Waals surface area contributed by atoms with Crippen molar-refractivity contribution >= 4 is 0 Å². The molecule has 0 radical (unpaired) electrons. The Bertz CT molecular complexity index is 146. The molecule has 1 aliphatic carbocycles. The Kier molecular flexibility index (Phi) is 4.98.